The van der Waals surface area contributed by atoms with Gasteiger partial charge < -0.3 is 5.32 Å². The Morgan fingerprint density at radius 2 is 1.79 bits per heavy atom. The molecule has 1 aliphatic carbocycles. The molecule has 0 aliphatic heterocycles. The Balaban J connectivity index is 1.89. The Morgan fingerprint density at radius 1 is 1.11 bits per heavy atom. The third-order valence-electron chi connectivity index (χ3n) is 4.20. The van der Waals surface area contributed by atoms with Crippen LogP contribution in [-0.2, 0) is 0 Å². The summed E-state index contributed by atoms with van der Waals surface area (Å²) in [6, 6.07) is 9.11. The molecule has 0 saturated heterocycles. The fourth-order valence-electron chi connectivity index (χ4n) is 3.06. The Hall–Kier alpha value is -1.24. The third-order valence-corrected chi connectivity index (χ3v) is 4.20. The Kier molecular flexibility index (Phi) is 5.50. The zero-order valence-electron chi connectivity index (χ0n) is 12.4. The Morgan fingerprint density at radius 3 is 2.37 bits per heavy atom. The van der Waals surface area contributed by atoms with Gasteiger partial charge >= 0.3 is 0 Å². The molecule has 0 aromatic heterocycles. The van der Waals surface area contributed by atoms with Crippen molar-refractivity contribution in [1.29, 1.82) is 0 Å². The minimum absolute atomic E-state index is 0.779. The summed E-state index contributed by atoms with van der Waals surface area (Å²) in [6.45, 7) is 5.40. The molecule has 19 heavy (non-hydrogen) atoms. The highest BCUT2D eigenvalue weighted by molar-refractivity contribution is 5.45. The smallest absolute Gasteiger partial charge is 0.0340 e. The highest BCUT2D eigenvalue weighted by Crippen LogP contribution is 2.36. The second kappa shape index (κ2) is 7.37. The lowest BCUT2D eigenvalue weighted by molar-refractivity contribution is 0.376. The molecule has 1 aliphatic rings. The first kappa shape index (κ1) is 14.2. The van der Waals surface area contributed by atoms with Gasteiger partial charge in [0, 0.05) is 12.2 Å². The molecule has 104 valence electrons. The quantitative estimate of drug-likeness (QED) is 0.700. The van der Waals surface area contributed by atoms with Crippen LogP contribution >= 0.6 is 0 Å². The van der Waals surface area contributed by atoms with Crippen LogP contribution in [0.2, 0.25) is 0 Å². The predicted octanol–water partition coefficient (Wildman–Crippen LogP) is 5.36. The number of nitrogens with one attached hydrogen (secondary N) is 1. The van der Waals surface area contributed by atoms with E-state index in [1.165, 1.54) is 43.4 Å². The maximum Gasteiger partial charge on any atom is 0.0340 e. The molecule has 0 radical (unpaired) electrons. The van der Waals surface area contributed by atoms with E-state index in [1.54, 1.807) is 0 Å². The summed E-state index contributed by atoms with van der Waals surface area (Å²) in [5, 5.41) is 3.44. The van der Waals surface area contributed by atoms with Crippen molar-refractivity contribution in [2.75, 3.05) is 11.9 Å². The molecule has 1 N–H and O–H groups in total. The van der Waals surface area contributed by atoms with E-state index in [4.69, 9.17) is 0 Å². The first-order valence-electron chi connectivity index (χ1n) is 7.80. The maximum absolute atomic E-state index is 3.44. The molecular formula is C18H27N. The van der Waals surface area contributed by atoms with Crippen molar-refractivity contribution in [3.63, 3.8) is 0 Å². The average molecular weight is 257 g/mol. The minimum Gasteiger partial charge on any atom is -0.385 e. The van der Waals surface area contributed by atoms with Crippen molar-refractivity contribution in [3.8, 4) is 0 Å². The summed E-state index contributed by atoms with van der Waals surface area (Å²) in [5.74, 6) is 1.61. The van der Waals surface area contributed by atoms with E-state index in [0.717, 1.165) is 18.4 Å². The monoisotopic (exact) mass is 257 g/mol. The van der Waals surface area contributed by atoms with Gasteiger partial charge in [-0.3, -0.25) is 0 Å². The van der Waals surface area contributed by atoms with Crippen LogP contribution in [0.3, 0.4) is 0 Å². The van der Waals surface area contributed by atoms with Gasteiger partial charge in [-0.1, -0.05) is 31.2 Å². The maximum atomic E-state index is 3.44. The van der Waals surface area contributed by atoms with Gasteiger partial charge in [-0.25, -0.2) is 0 Å². The second-order valence-electron chi connectivity index (χ2n) is 5.69. The first-order valence-corrected chi connectivity index (χ1v) is 7.80. The molecule has 0 amide bonds. The normalized spacial score (nSPS) is 23.7. The number of hydrogen-bond acceptors (Lipinski definition) is 1. The third kappa shape index (κ3) is 4.12. The number of hydrogen-bond donors (Lipinski definition) is 1. The highest BCUT2D eigenvalue weighted by atomic mass is 14.9. The van der Waals surface area contributed by atoms with Gasteiger partial charge in [0.15, 0.2) is 0 Å². The molecule has 1 nitrogen and oxygen atoms in total. The van der Waals surface area contributed by atoms with E-state index in [-0.39, 0.29) is 0 Å². The van der Waals surface area contributed by atoms with Crippen LogP contribution < -0.4 is 5.32 Å². The van der Waals surface area contributed by atoms with Gasteiger partial charge in [-0.2, -0.15) is 0 Å². The van der Waals surface area contributed by atoms with Gasteiger partial charge in [0.05, 0.1) is 0 Å². The SMILES string of the molecule is C/C=C/C1CCC(c2ccc(NCCC)cc2)CC1. The van der Waals surface area contributed by atoms with Crippen molar-refractivity contribution >= 4 is 5.69 Å². The lowest BCUT2D eigenvalue weighted by Crippen LogP contribution is -2.11. The van der Waals surface area contributed by atoms with Crippen LogP contribution in [0.5, 0.6) is 0 Å². The van der Waals surface area contributed by atoms with E-state index in [2.05, 4.69) is 55.6 Å². The van der Waals surface area contributed by atoms with Crippen LogP contribution in [-0.4, -0.2) is 6.54 Å². The molecule has 2 rings (SSSR count). The van der Waals surface area contributed by atoms with Crippen LogP contribution in [0.4, 0.5) is 5.69 Å². The molecule has 0 spiro atoms. The van der Waals surface area contributed by atoms with Crippen LogP contribution in [0, 0.1) is 5.92 Å². The van der Waals surface area contributed by atoms with Crippen LogP contribution in [0.15, 0.2) is 36.4 Å². The van der Waals surface area contributed by atoms with Gasteiger partial charge in [0.2, 0.25) is 0 Å². The van der Waals surface area contributed by atoms with Crippen LogP contribution in [0.1, 0.15) is 57.4 Å². The summed E-state index contributed by atoms with van der Waals surface area (Å²) in [4.78, 5) is 0. The summed E-state index contributed by atoms with van der Waals surface area (Å²) < 4.78 is 0. The summed E-state index contributed by atoms with van der Waals surface area (Å²) >= 11 is 0. The zero-order chi connectivity index (χ0) is 13.5. The number of benzene rings is 1. The molecular weight excluding hydrogens is 230 g/mol. The first-order chi connectivity index (χ1) is 9.33. The van der Waals surface area contributed by atoms with Gasteiger partial charge in [0.1, 0.15) is 0 Å². The van der Waals surface area contributed by atoms with Crippen molar-refractivity contribution in [2.24, 2.45) is 5.92 Å². The standard InChI is InChI=1S/C18H27N/c1-3-5-15-6-8-16(9-7-15)17-10-12-18(13-11-17)19-14-4-2/h3,5,10-13,15-16,19H,4,6-9,14H2,1-2H3/b5-3+. The number of rotatable bonds is 5. The van der Waals surface area contributed by atoms with Gasteiger partial charge in [0.25, 0.3) is 0 Å². The lowest BCUT2D eigenvalue weighted by atomic mass is 9.78. The molecule has 0 bridgehead atoms. The Bertz CT molecular complexity index is 383. The second-order valence-corrected chi connectivity index (χ2v) is 5.69. The van der Waals surface area contributed by atoms with Crippen molar-refractivity contribution in [3.05, 3.63) is 42.0 Å². The average Bonchev–Trinajstić information content (AvgIpc) is 2.47. The summed E-state index contributed by atoms with van der Waals surface area (Å²) in [5.41, 5.74) is 2.79. The number of anilines is 1. The fourth-order valence-corrected chi connectivity index (χ4v) is 3.06. The molecule has 0 unspecified atom stereocenters. The van der Waals surface area contributed by atoms with E-state index in [0.29, 0.717) is 0 Å². The highest BCUT2D eigenvalue weighted by Gasteiger charge is 2.20. The van der Waals surface area contributed by atoms with Crippen molar-refractivity contribution in [1.82, 2.24) is 0 Å². The summed E-state index contributed by atoms with van der Waals surface area (Å²) in [7, 11) is 0. The molecule has 1 fully saturated rings. The fraction of sp³-hybridized carbons (Fsp3) is 0.556. The summed E-state index contributed by atoms with van der Waals surface area (Å²) in [6.07, 6.45) is 11.2. The van der Waals surface area contributed by atoms with Gasteiger partial charge in [-0.05, 0) is 68.6 Å². The molecule has 1 saturated carbocycles. The molecule has 1 heteroatoms. The molecule has 1 aromatic rings. The van der Waals surface area contributed by atoms with E-state index in [1.807, 2.05) is 0 Å². The topological polar surface area (TPSA) is 12.0 Å². The van der Waals surface area contributed by atoms with Gasteiger partial charge in [-0.15, -0.1) is 0 Å². The minimum atomic E-state index is 0.779. The largest absolute Gasteiger partial charge is 0.385 e. The van der Waals surface area contributed by atoms with E-state index in [9.17, 15) is 0 Å². The van der Waals surface area contributed by atoms with Crippen LogP contribution in [0.25, 0.3) is 0 Å². The van der Waals surface area contributed by atoms with E-state index < -0.39 is 0 Å². The molecule has 0 heterocycles. The van der Waals surface area contributed by atoms with Crippen molar-refractivity contribution < 1.29 is 0 Å². The predicted molar refractivity (Wildman–Crippen MR) is 84.7 cm³/mol. The molecule has 0 atom stereocenters. The van der Waals surface area contributed by atoms with Crippen molar-refractivity contribution in [2.45, 2.75) is 51.9 Å². The number of allylic oxidation sites excluding steroid dienone is 2. The zero-order valence-corrected chi connectivity index (χ0v) is 12.4. The molecule has 1 aromatic carbocycles. The Labute approximate surface area is 118 Å². The van der Waals surface area contributed by atoms with E-state index >= 15 is 0 Å². The lowest BCUT2D eigenvalue weighted by Gasteiger charge is -2.27.